The van der Waals surface area contributed by atoms with Gasteiger partial charge in [0.15, 0.2) is 0 Å². The van der Waals surface area contributed by atoms with Crippen LogP contribution in [0.1, 0.15) is 17.5 Å². The molecular weight excluding hydrogens is 239 g/mol. The van der Waals surface area contributed by atoms with E-state index >= 15 is 0 Å². The molecule has 1 saturated carbocycles. The van der Waals surface area contributed by atoms with E-state index in [1.807, 2.05) is 0 Å². The van der Waals surface area contributed by atoms with Crippen molar-refractivity contribution in [3.63, 3.8) is 0 Å². The van der Waals surface area contributed by atoms with Crippen molar-refractivity contribution >= 4 is 12.4 Å². The van der Waals surface area contributed by atoms with Crippen LogP contribution in [0.15, 0.2) is 24.3 Å². The van der Waals surface area contributed by atoms with E-state index in [0.717, 1.165) is 12.5 Å². The van der Waals surface area contributed by atoms with Crippen LogP contribution in [0.3, 0.4) is 0 Å². The molecule has 90 valence electrons. The van der Waals surface area contributed by atoms with E-state index in [1.54, 1.807) is 6.07 Å². The molecule has 2 atom stereocenters. The van der Waals surface area contributed by atoms with Gasteiger partial charge in [0, 0.05) is 6.04 Å². The molecule has 5 heteroatoms. The minimum absolute atomic E-state index is 0. The molecule has 0 amide bonds. The normalized spacial score (nSPS) is 23.8. The summed E-state index contributed by atoms with van der Waals surface area (Å²) in [6, 6.07) is 5.81. The molecule has 1 nitrogen and oxygen atoms in total. The third-order valence-electron chi connectivity index (χ3n) is 2.78. The molecule has 0 saturated heterocycles. The molecule has 16 heavy (non-hydrogen) atoms. The lowest BCUT2D eigenvalue weighted by Crippen LogP contribution is -2.11. The zero-order chi connectivity index (χ0) is 11.1. The first-order chi connectivity index (χ1) is 6.98. The maximum atomic E-state index is 12.6. The van der Waals surface area contributed by atoms with Crippen molar-refractivity contribution in [2.45, 2.75) is 25.1 Å². The second kappa shape index (κ2) is 4.63. The second-order valence-electron chi connectivity index (χ2n) is 4.02. The predicted octanol–water partition coefficient (Wildman–Crippen LogP) is 3.02. The first-order valence-corrected chi connectivity index (χ1v) is 4.89. The van der Waals surface area contributed by atoms with E-state index in [1.165, 1.54) is 12.1 Å². The number of benzene rings is 1. The Morgan fingerprint density at radius 1 is 1.25 bits per heavy atom. The Labute approximate surface area is 98.2 Å². The Morgan fingerprint density at radius 3 is 2.31 bits per heavy atom. The van der Waals surface area contributed by atoms with Crippen LogP contribution in [-0.2, 0) is 12.6 Å². The lowest BCUT2D eigenvalue weighted by molar-refractivity contribution is -0.138. The van der Waals surface area contributed by atoms with E-state index in [2.05, 4.69) is 0 Å². The molecule has 0 heterocycles. The van der Waals surface area contributed by atoms with Gasteiger partial charge in [0.2, 0.25) is 0 Å². The molecule has 2 rings (SSSR count). The number of nitrogens with two attached hydrogens (primary N) is 1. The molecule has 2 unspecified atom stereocenters. The fourth-order valence-electron chi connectivity index (χ4n) is 1.76. The van der Waals surface area contributed by atoms with Crippen molar-refractivity contribution < 1.29 is 13.2 Å². The highest BCUT2D eigenvalue weighted by atomic mass is 35.5. The topological polar surface area (TPSA) is 26.0 Å². The molecule has 0 aromatic heterocycles. The number of rotatable bonds is 2. The predicted molar refractivity (Wildman–Crippen MR) is 58.5 cm³/mol. The molecule has 2 N–H and O–H groups in total. The minimum atomic E-state index is -4.25. The molecule has 1 aliphatic rings. The van der Waals surface area contributed by atoms with Gasteiger partial charge in [-0.05, 0) is 30.4 Å². The molecule has 1 aromatic carbocycles. The van der Waals surface area contributed by atoms with Gasteiger partial charge in [-0.15, -0.1) is 12.4 Å². The fraction of sp³-hybridized carbons (Fsp3) is 0.455. The molecule has 1 aromatic rings. The van der Waals surface area contributed by atoms with Crippen molar-refractivity contribution in [3.05, 3.63) is 35.4 Å². The van der Waals surface area contributed by atoms with Crippen LogP contribution >= 0.6 is 12.4 Å². The molecule has 0 bridgehead atoms. The summed E-state index contributed by atoms with van der Waals surface area (Å²) < 4.78 is 37.8. The van der Waals surface area contributed by atoms with Gasteiger partial charge in [0.1, 0.15) is 0 Å². The lowest BCUT2D eigenvalue weighted by Gasteiger charge is -2.12. The van der Waals surface area contributed by atoms with Crippen molar-refractivity contribution in [1.82, 2.24) is 0 Å². The summed E-state index contributed by atoms with van der Waals surface area (Å²) in [4.78, 5) is 0. The van der Waals surface area contributed by atoms with Gasteiger partial charge in [-0.3, -0.25) is 0 Å². The van der Waals surface area contributed by atoms with E-state index in [4.69, 9.17) is 5.73 Å². The first kappa shape index (κ1) is 13.3. The summed E-state index contributed by atoms with van der Waals surface area (Å²) in [5.74, 6) is 0.230. The van der Waals surface area contributed by atoms with Crippen molar-refractivity contribution in [2.24, 2.45) is 11.7 Å². The average molecular weight is 252 g/mol. The van der Waals surface area contributed by atoms with Crippen molar-refractivity contribution in [1.29, 1.82) is 0 Å². The van der Waals surface area contributed by atoms with Crippen LogP contribution in [0.2, 0.25) is 0 Å². The largest absolute Gasteiger partial charge is 0.416 e. The number of halogens is 4. The van der Waals surface area contributed by atoms with E-state index < -0.39 is 11.7 Å². The van der Waals surface area contributed by atoms with Crippen molar-refractivity contribution in [2.75, 3.05) is 0 Å². The lowest BCUT2D eigenvalue weighted by atomic mass is 10.0. The quantitative estimate of drug-likeness (QED) is 0.859. The standard InChI is InChI=1S/C11H12F3N.ClH/c12-11(13,14)9-4-2-1-3-7(9)5-8-6-10(8)15;/h1-4,8,10H,5-6,15H2;1H. The van der Waals surface area contributed by atoms with E-state index in [-0.39, 0.29) is 24.4 Å². The van der Waals surface area contributed by atoms with Gasteiger partial charge >= 0.3 is 6.18 Å². The molecule has 1 fully saturated rings. The number of hydrogen-bond donors (Lipinski definition) is 1. The van der Waals surface area contributed by atoms with Crippen LogP contribution in [0.5, 0.6) is 0 Å². The SMILES string of the molecule is Cl.NC1CC1Cc1ccccc1C(F)(F)F. The monoisotopic (exact) mass is 251 g/mol. The zero-order valence-electron chi connectivity index (χ0n) is 8.50. The fourth-order valence-corrected chi connectivity index (χ4v) is 1.76. The highest BCUT2D eigenvalue weighted by molar-refractivity contribution is 5.85. The summed E-state index contributed by atoms with van der Waals surface area (Å²) in [5.41, 5.74) is 5.43. The van der Waals surface area contributed by atoms with E-state index in [0.29, 0.717) is 12.0 Å². The summed E-state index contributed by atoms with van der Waals surface area (Å²) >= 11 is 0. The summed E-state index contributed by atoms with van der Waals surface area (Å²) in [6.07, 6.45) is -2.97. The van der Waals surface area contributed by atoms with Crippen LogP contribution < -0.4 is 5.73 Å². The molecule has 0 aliphatic heterocycles. The summed E-state index contributed by atoms with van der Waals surface area (Å²) in [5, 5.41) is 0. The van der Waals surface area contributed by atoms with Gasteiger partial charge in [-0.1, -0.05) is 18.2 Å². The Balaban J connectivity index is 0.00000128. The minimum Gasteiger partial charge on any atom is -0.327 e. The highest BCUT2D eigenvalue weighted by Crippen LogP contribution is 2.37. The highest BCUT2D eigenvalue weighted by Gasteiger charge is 2.37. The molecule has 1 aliphatic carbocycles. The van der Waals surface area contributed by atoms with Crippen LogP contribution in [-0.4, -0.2) is 6.04 Å². The first-order valence-electron chi connectivity index (χ1n) is 4.89. The van der Waals surface area contributed by atoms with E-state index in [9.17, 15) is 13.2 Å². The average Bonchev–Trinajstić information content (AvgIpc) is 2.81. The zero-order valence-corrected chi connectivity index (χ0v) is 9.31. The Bertz CT molecular complexity index is 364. The number of hydrogen-bond acceptors (Lipinski definition) is 1. The maximum Gasteiger partial charge on any atom is 0.416 e. The molecular formula is C11H13ClF3N. The van der Waals surface area contributed by atoms with Crippen LogP contribution in [0, 0.1) is 5.92 Å². The second-order valence-corrected chi connectivity index (χ2v) is 4.02. The van der Waals surface area contributed by atoms with Gasteiger partial charge < -0.3 is 5.73 Å². The smallest absolute Gasteiger partial charge is 0.327 e. The Morgan fingerprint density at radius 2 is 1.81 bits per heavy atom. The molecule has 0 radical (unpaired) electrons. The van der Waals surface area contributed by atoms with Gasteiger partial charge in [0.05, 0.1) is 5.56 Å². The summed E-state index contributed by atoms with van der Waals surface area (Å²) in [7, 11) is 0. The van der Waals surface area contributed by atoms with Crippen LogP contribution in [0.4, 0.5) is 13.2 Å². The maximum absolute atomic E-state index is 12.6. The van der Waals surface area contributed by atoms with Gasteiger partial charge in [-0.2, -0.15) is 13.2 Å². The third kappa shape index (κ3) is 2.89. The van der Waals surface area contributed by atoms with Crippen molar-refractivity contribution in [3.8, 4) is 0 Å². The Hall–Kier alpha value is -0.740. The van der Waals surface area contributed by atoms with Gasteiger partial charge in [0.25, 0.3) is 0 Å². The van der Waals surface area contributed by atoms with Gasteiger partial charge in [-0.25, -0.2) is 0 Å². The Kier molecular flexibility index (Phi) is 3.86. The third-order valence-corrected chi connectivity index (χ3v) is 2.78. The van der Waals surface area contributed by atoms with Crippen LogP contribution in [0.25, 0.3) is 0 Å². The molecule has 0 spiro atoms. The number of alkyl halides is 3. The summed E-state index contributed by atoms with van der Waals surface area (Å²) in [6.45, 7) is 0.